The first-order valence-electron chi connectivity index (χ1n) is 3.52. The lowest BCUT2D eigenvalue weighted by Crippen LogP contribution is -2.32. The fraction of sp³-hybridized carbons (Fsp3) is 0. The molecule has 14 heavy (non-hydrogen) atoms. The maximum Gasteiger partial charge on any atom is 0.492 e. The third kappa shape index (κ3) is 3.00. The van der Waals surface area contributed by atoms with Crippen molar-refractivity contribution in [2.24, 2.45) is 0 Å². The largest absolute Gasteiger partial charge is 0.492 e. The van der Waals surface area contributed by atoms with Gasteiger partial charge in [0.2, 0.25) is 0 Å². The summed E-state index contributed by atoms with van der Waals surface area (Å²) in [5.41, 5.74) is -0.148. The summed E-state index contributed by atoms with van der Waals surface area (Å²) in [6.45, 7) is 0. The molecular weight excluding hydrogens is 211 g/mol. The van der Waals surface area contributed by atoms with Crippen molar-refractivity contribution in [1.29, 1.82) is 0 Å². The van der Waals surface area contributed by atoms with Gasteiger partial charge in [-0.05, 0) is 6.07 Å². The number of para-hydroxylation sites is 1. The highest BCUT2D eigenvalue weighted by molar-refractivity contribution is 7.81. The van der Waals surface area contributed by atoms with Crippen LogP contribution in [0.25, 0.3) is 0 Å². The van der Waals surface area contributed by atoms with Crippen molar-refractivity contribution in [2.45, 2.75) is 0 Å². The third-order valence-corrected chi connectivity index (χ3v) is 1.78. The van der Waals surface area contributed by atoms with Crippen LogP contribution in [0, 0.1) is 0 Å². The summed E-state index contributed by atoms with van der Waals surface area (Å²) in [5.74, 6) is -0.329. The summed E-state index contributed by atoms with van der Waals surface area (Å²) in [6.07, 6.45) is 0. The van der Waals surface area contributed by atoms with Gasteiger partial charge in [0.1, 0.15) is 5.75 Å². The van der Waals surface area contributed by atoms with Crippen molar-refractivity contribution in [1.82, 2.24) is 0 Å². The van der Waals surface area contributed by atoms with Crippen LogP contribution in [0.3, 0.4) is 0 Å². The zero-order chi connectivity index (χ0) is 10.8. The number of rotatable bonds is 3. The van der Waals surface area contributed by atoms with Crippen LogP contribution in [0.15, 0.2) is 24.3 Å². The summed E-state index contributed by atoms with van der Waals surface area (Å²) >= 11 is 0. The van der Waals surface area contributed by atoms with Crippen molar-refractivity contribution in [2.75, 3.05) is 0 Å². The number of benzene rings is 1. The molecule has 0 radical (unpaired) electrons. The second-order valence-electron chi connectivity index (χ2n) is 2.42. The first-order chi connectivity index (χ1) is 6.40. The van der Waals surface area contributed by atoms with E-state index in [1.165, 1.54) is 24.3 Å². The fourth-order valence-corrected chi connectivity index (χ4v) is 1.26. The topological polar surface area (TPSA) is 104 Å². The second kappa shape index (κ2) is 3.97. The van der Waals surface area contributed by atoms with Crippen molar-refractivity contribution in [3.63, 3.8) is 0 Å². The van der Waals surface area contributed by atoms with Gasteiger partial charge in [-0.15, -0.1) is 0 Å². The van der Waals surface area contributed by atoms with Crippen molar-refractivity contribution in [3.8, 4) is 5.75 Å². The van der Waals surface area contributed by atoms with Crippen LogP contribution in [0.2, 0.25) is 0 Å². The molecule has 0 fully saturated rings. The predicted molar refractivity (Wildman–Crippen MR) is 48.4 cm³/mol. The second-order valence-corrected chi connectivity index (χ2v) is 3.44. The van der Waals surface area contributed by atoms with Crippen LogP contribution in [-0.4, -0.2) is 30.1 Å². The Kier molecular flexibility index (Phi) is 3.12. The van der Waals surface area contributed by atoms with E-state index in [1.54, 1.807) is 0 Å². The molecule has 0 aliphatic carbocycles. The van der Waals surface area contributed by atoms with E-state index in [0.29, 0.717) is 0 Å². The summed E-state index contributed by atoms with van der Waals surface area (Å²) in [4.78, 5) is 0. The quantitative estimate of drug-likeness (QED) is 0.423. The zero-order valence-corrected chi connectivity index (χ0v) is 7.68. The van der Waals surface area contributed by atoms with E-state index in [1.807, 2.05) is 0 Å². The Labute approximate surface area is 80.9 Å². The molecule has 0 atom stereocenters. The monoisotopic (exact) mass is 218 g/mol. The van der Waals surface area contributed by atoms with Crippen molar-refractivity contribution in [3.05, 3.63) is 24.3 Å². The van der Waals surface area contributed by atoms with Crippen LogP contribution in [-0.2, 0) is 10.4 Å². The van der Waals surface area contributed by atoms with Gasteiger partial charge in [0.15, 0.2) is 0 Å². The van der Waals surface area contributed by atoms with Gasteiger partial charge < -0.3 is 14.2 Å². The van der Waals surface area contributed by atoms with E-state index < -0.39 is 17.5 Å². The molecule has 76 valence electrons. The molecule has 8 heteroatoms. The fourth-order valence-electron chi connectivity index (χ4n) is 0.883. The van der Waals surface area contributed by atoms with Gasteiger partial charge in [-0.2, -0.15) is 8.42 Å². The van der Waals surface area contributed by atoms with Gasteiger partial charge in [0.25, 0.3) is 0 Å². The highest BCUT2D eigenvalue weighted by atomic mass is 32.3. The van der Waals surface area contributed by atoms with Gasteiger partial charge in [-0.1, -0.05) is 18.2 Å². The first kappa shape index (κ1) is 11.0. The van der Waals surface area contributed by atoms with E-state index in [0.717, 1.165) is 0 Å². The molecule has 0 aromatic heterocycles. The molecule has 0 bridgehead atoms. The minimum atomic E-state index is -4.66. The average molecular weight is 218 g/mol. The molecule has 0 amide bonds. The van der Waals surface area contributed by atoms with Crippen LogP contribution >= 0.6 is 0 Å². The lowest BCUT2D eigenvalue weighted by Gasteiger charge is -2.06. The molecule has 0 saturated carbocycles. The van der Waals surface area contributed by atoms with E-state index in [9.17, 15) is 8.42 Å². The van der Waals surface area contributed by atoms with E-state index in [4.69, 9.17) is 14.6 Å². The van der Waals surface area contributed by atoms with E-state index in [2.05, 4.69) is 4.18 Å². The first-order valence-corrected chi connectivity index (χ1v) is 4.88. The Bertz CT molecular complexity index is 414. The highest BCUT2D eigenvalue weighted by Gasteiger charge is 2.19. The maximum absolute atomic E-state index is 10.3. The van der Waals surface area contributed by atoms with Gasteiger partial charge in [0.05, 0.1) is 0 Å². The average Bonchev–Trinajstić information content (AvgIpc) is 2.01. The van der Waals surface area contributed by atoms with Crippen LogP contribution in [0.1, 0.15) is 0 Å². The minimum Gasteiger partial charge on any atom is -0.423 e. The summed E-state index contributed by atoms with van der Waals surface area (Å²) in [7, 11) is -6.52. The van der Waals surface area contributed by atoms with E-state index >= 15 is 0 Å². The molecule has 0 heterocycles. The van der Waals surface area contributed by atoms with Gasteiger partial charge >= 0.3 is 17.5 Å². The van der Waals surface area contributed by atoms with E-state index in [-0.39, 0.29) is 11.2 Å². The third-order valence-electron chi connectivity index (χ3n) is 1.39. The molecule has 0 spiro atoms. The van der Waals surface area contributed by atoms with Crippen LogP contribution in [0.4, 0.5) is 0 Å². The molecular formula is C6H7BO6S. The van der Waals surface area contributed by atoms with Crippen molar-refractivity contribution < 1.29 is 27.2 Å². The summed E-state index contributed by atoms with van der Waals surface area (Å²) < 4.78 is 33.2. The molecule has 0 unspecified atom stereocenters. The van der Waals surface area contributed by atoms with Crippen molar-refractivity contribution >= 4 is 23.0 Å². The Morgan fingerprint density at radius 1 is 1.21 bits per heavy atom. The van der Waals surface area contributed by atoms with Gasteiger partial charge in [-0.25, -0.2) is 0 Å². The Hall–Kier alpha value is -1.09. The molecule has 1 rings (SSSR count). The maximum atomic E-state index is 10.3. The Morgan fingerprint density at radius 3 is 2.29 bits per heavy atom. The van der Waals surface area contributed by atoms with Gasteiger partial charge in [0, 0.05) is 5.46 Å². The molecule has 6 nitrogen and oxygen atoms in total. The number of hydrogen-bond donors (Lipinski definition) is 3. The van der Waals surface area contributed by atoms with Gasteiger partial charge in [-0.3, -0.25) is 4.55 Å². The minimum absolute atomic E-state index is 0.148. The lowest BCUT2D eigenvalue weighted by molar-refractivity contribution is 0.386. The van der Waals surface area contributed by atoms with Crippen LogP contribution < -0.4 is 9.65 Å². The SMILES string of the molecule is O=S(=O)(O)Oc1ccccc1B(O)O. The highest BCUT2D eigenvalue weighted by Crippen LogP contribution is 2.08. The summed E-state index contributed by atoms with van der Waals surface area (Å²) in [6, 6.07) is 5.33. The lowest BCUT2D eigenvalue weighted by atomic mass is 9.80. The Balaban J connectivity index is 3.08. The summed E-state index contributed by atoms with van der Waals surface area (Å²) in [5, 5.41) is 17.6. The van der Waals surface area contributed by atoms with Crippen LogP contribution in [0.5, 0.6) is 5.75 Å². The normalized spacial score (nSPS) is 11.1. The molecule has 0 saturated heterocycles. The molecule has 0 aliphatic heterocycles. The molecule has 0 aliphatic rings. The smallest absolute Gasteiger partial charge is 0.423 e. The Morgan fingerprint density at radius 2 is 1.79 bits per heavy atom. The molecule has 3 N–H and O–H groups in total. The predicted octanol–water partition coefficient (Wildman–Crippen LogP) is -1.45. The molecule has 1 aromatic rings. The standard InChI is InChI=1S/C6H7BO6S/c8-7(9)5-3-1-2-4-6(5)13-14(10,11)12/h1-4,8-9H,(H,10,11,12). The number of hydrogen-bond acceptors (Lipinski definition) is 5. The molecule has 1 aromatic carbocycles. The zero-order valence-electron chi connectivity index (χ0n) is 6.86.